The summed E-state index contributed by atoms with van der Waals surface area (Å²) < 4.78 is 36.6. The van der Waals surface area contributed by atoms with E-state index in [1.165, 1.54) is 16.4 Å². The number of nitrogens with zero attached hydrogens (tertiary/aromatic N) is 2. The van der Waals surface area contributed by atoms with Gasteiger partial charge in [0, 0.05) is 46.0 Å². The molecule has 1 aliphatic rings. The van der Waals surface area contributed by atoms with Crippen molar-refractivity contribution in [2.75, 3.05) is 53.6 Å². The van der Waals surface area contributed by atoms with Crippen molar-refractivity contribution in [1.82, 2.24) is 9.21 Å². The Bertz CT molecular complexity index is 646. The van der Waals surface area contributed by atoms with Crippen molar-refractivity contribution < 1.29 is 22.7 Å². The molecule has 0 aliphatic carbocycles. The predicted molar refractivity (Wildman–Crippen MR) is 94.1 cm³/mol. The zero-order valence-electron chi connectivity index (χ0n) is 14.8. The topological polar surface area (TPSA) is 76.1 Å². The van der Waals surface area contributed by atoms with Crippen LogP contribution >= 0.6 is 0 Å². The molecule has 0 saturated carbocycles. The van der Waals surface area contributed by atoms with Gasteiger partial charge < -0.3 is 14.4 Å². The molecule has 8 heteroatoms. The molecule has 1 aliphatic heterocycles. The van der Waals surface area contributed by atoms with Gasteiger partial charge in [0.25, 0.3) is 5.91 Å². The first-order valence-corrected chi connectivity index (χ1v) is 9.82. The lowest BCUT2D eigenvalue weighted by Crippen LogP contribution is -2.36. The van der Waals surface area contributed by atoms with Gasteiger partial charge >= 0.3 is 0 Å². The van der Waals surface area contributed by atoms with E-state index in [9.17, 15) is 13.2 Å². The van der Waals surface area contributed by atoms with Crippen molar-refractivity contribution in [3.8, 4) is 0 Å². The van der Waals surface area contributed by atoms with E-state index in [-0.39, 0.29) is 10.8 Å². The molecule has 140 valence electrons. The lowest BCUT2D eigenvalue weighted by Gasteiger charge is -2.22. The maximum absolute atomic E-state index is 12.6. The van der Waals surface area contributed by atoms with Crippen LogP contribution < -0.4 is 0 Å². The lowest BCUT2D eigenvalue weighted by molar-refractivity contribution is 0.0627. The van der Waals surface area contributed by atoms with Crippen LogP contribution in [0.2, 0.25) is 0 Å². The van der Waals surface area contributed by atoms with Gasteiger partial charge in [-0.25, -0.2) is 8.42 Å². The minimum absolute atomic E-state index is 0.167. The van der Waals surface area contributed by atoms with Crippen LogP contribution in [-0.4, -0.2) is 77.1 Å². The third-order valence-corrected chi connectivity index (χ3v) is 6.13. The fraction of sp³-hybridized carbons (Fsp3) is 0.588. The largest absolute Gasteiger partial charge is 0.383 e. The summed E-state index contributed by atoms with van der Waals surface area (Å²) in [6.07, 6.45) is 1.79. The van der Waals surface area contributed by atoms with Crippen molar-refractivity contribution in [3.63, 3.8) is 0 Å². The number of carbonyl (C=O) groups excluding carboxylic acids is 1. The molecule has 0 N–H and O–H groups in total. The number of amides is 1. The van der Waals surface area contributed by atoms with Crippen LogP contribution in [0.15, 0.2) is 29.2 Å². The second-order valence-corrected chi connectivity index (χ2v) is 7.85. The fourth-order valence-corrected chi connectivity index (χ4v) is 4.26. The summed E-state index contributed by atoms with van der Waals surface area (Å²) >= 11 is 0. The van der Waals surface area contributed by atoms with Gasteiger partial charge in [0.15, 0.2) is 0 Å². The van der Waals surface area contributed by atoms with E-state index >= 15 is 0 Å². The number of methoxy groups -OCH3 is 2. The highest BCUT2D eigenvalue weighted by Crippen LogP contribution is 2.21. The van der Waals surface area contributed by atoms with Gasteiger partial charge in [0.2, 0.25) is 10.0 Å². The Morgan fingerprint density at radius 2 is 1.56 bits per heavy atom. The van der Waals surface area contributed by atoms with Gasteiger partial charge in [-0.2, -0.15) is 4.31 Å². The molecule has 0 atom stereocenters. The Labute approximate surface area is 149 Å². The Hall–Kier alpha value is -1.48. The Morgan fingerprint density at radius 3 is 2.04 bits per heavy atom. The average Bonchev–Trinajstić information content (AvgIpc) is 3.17. The first-order chi connectivity index (χ1) is 12.0. The third kappa shape index (κ3) is 5.01. The maximum atomic E-state index is 12.6. The van der Waals surface area contributed by atoms with Crippen LogP contribution in [0.25, 0.3) is 0 Å². The van der Waals surface area contributed by atoms with Gasteiger partial charge in [-0.05, 0) is 37.1 Å². The van der Waals surface area contributed by atoms with Gasteiger partial charge in [-0.1, -0.05) is 0 Å². The fourth-order valence-electron chi connectivity index (χ4n) is 2.75. The summed E-state index contributed by atoms with van der Waals surface area (Å²) in [6.45, 7) is 2.88. The van der Waals surface area contributed by atoms with E-state index in [1.54, 1.807) is 31.3 Å². The maximum Gasteiger partial charge on any atom is 0.254 e. The molecule has 0 radical (unpaired) electrons. The molecule has 1 amide bonds. The number of benzene rings is 1. The summed E-state index contributed by atoms with van der Waals surface area (Å²) in [5.41, 5.74) is 0.451. The van der Waals surface area contributed by atoms with Gasteiger partial charge in [0.05, 0.1) is 18.1 Å². The van der Waals surface area contributed by atoms with Gasteiger partial charge in [-0.15, -0.1) is 0 Å². The summed E-state index contributed by atoms with van der Waals surface area (Å²) in [7, 11) is -0.301. The second kappa shape index (κ2) is 9.28. The zero-order valence-corrected chi connectivity index (χ0v) is 15.6. The van der Waals surface area contributed by atoms with Crippen molar-refractivity contribution in [2.45, 2.75) is 17.7 Å². The summed E-state index contributed by atoms with van der Waals surface area (Å²) in [4.78, 5) is 14.5. The molecule has 1 aromatic carbocycles. The molecule has 1 saturated heterocycles. The highest BCUT2D eigenvalue weighted by atomic mass is 32.2. The van der Waals surface area contributed by atoms with E-state index < -0.39 is 10.0 Å². The molecular weight excluding hydrogens is 344 g/mol. The SMILES string of the molecule is COCCN(CCOC)C(=O)c1ccc(S(=O)(=O)N2CCCC2)cc1. The van der Waals surface area contributed by atoms with Crippen molar-refractivity contribution in [2.24, 2.45) is 0 Å². The van der Waals surface area contributed by atoms with Crippen LogP contribution in [0.4, 0.5) is 0 Å². The quantitative estimate of drug-likeness (QED) is 0.653. The Morgan fingerprint density at radius 1 is 1.04 bits per heavy atom. The number of hydrogen-bond acceptors (Lipinski definition) is 5. The number of rotatable bonds is 9. The average molecular weight is 370 g/mol. The highest BCUT2D eigenvalue weighted by Gasteiger charge is 2.27. The van der Waals surface area contributed by atoms with E-state index in [4.69, 9.17) is 9.47 Å². The number of carbonyl (C=O) groups is 1. The van der Waals surface area contributed by atoms with Crippen LogP contribution in [0.3, 0.4) is 0 Å². The van der Waals surface area contributed by atoms with Crippen LogP contribution in [0.1, 0.15) is 23.2 Å². The molecule has 0 aromatic heterocycles. The minimum Gasteiger partial charge on any atom is -0.383 e. The van der Waals surface area contributed by atoms with E-state index in [2.05, 4.69) is 0 Å². The number of hydrogen-bond donors (Lipinski definition) is 0. The van der Waals surface area contributed by atoms with E-state index in [0.29, 0.717) is 45.0 Å². The highest BCUT2D eigenvalue weighted by molar-refractivity contribution is 7.89. The molecule has 25 heavy (non-hydrogen) atoms. The summed E-state index contributed by atoms with van der Waals surface area (Å²) in [5, 5.41) is 0. The van der Waals surface area contributed by atoms with Crippen molar-refractivity contribution in [3.05, 3.63) is 29.8 Å². The van der Waals surface area contributed by atoms with Crippen molar-refractivity contribution in [1.29, 1.82) is 0 Å². The Kier molecular flexibility index (Phi) is 7.37. The molecular formula is C17H26N2O5S. The zero-order chi connectivity index (χ0) is 18.3. The van der Waals surface area contributed by atoms with E-state index in [1.807, 2.05) is 0 Å². The third-order valence-electron chi connectivity index (χ3n) is 4.22. The predicted octanol–water partition coefficient (Wildman–Crippen LogP) is 1.21. The first kappa shape index (κ1) is 19.8. The van der Waals surface area contributed by atoms with E-state index in [0.717, 1.165) is 12.8 Å². The molecule has 7 nitrogen and oxygen atoms in total. The first-order valence-electron chi connectivity index (χ1n) is 8.38. The van der Waals surface area contributed by atoms with Crippen LogP contribution in [-0.2, 0) is 19.5 Å². The monoisotopic (exact) mass is 370 g/mol. The van der Waals surface area contributed by atoms with Crippen LogP contribution in [0, 0.1) is 0 Å². The molecule has 1 fully saturated rings. The lowest BCUT2D eigenvalue weighted by atomic mass is 10.2. The second-order valence-electron chi connectivity index (χ2n) is 5.91. The van der Waals surface area contributed by atoms with Gasteiger partial charge in [-0.3, -0.25) is 4.79 Å². The Balaban J connectivity index is 2.12. The summed E-state index contributed by atoms with van der Waals surface area (Å²) in [5.74, 6) is -0.167. The molecule has 1 heterocycles. The molecule has 1 aromatic rings. The standard InChI is InChI=1S/C17H26N2O5S/c1-23-13-11-18(12-14-24-2)17(20)15-5-7-16(8-6-15)25(21,22)19-9-3-4-10-19/h5-8H,3-4,9-14H2,1-2H3. The van der Waals surface area contributed by atoms with Gasteiger partial charge in [0.1, 0.15) is 0 Å². The van der Waals surface area contributed by atoms with Crippen molar-refractivity contribution >= 4 is 15.9 Å². The minimum atomic E-state index is -3.46. The summed E-state index contributed by atoms with van der Waals surface area (Å²) in [6, 6.07) is 6.15. The molecule has 0 bridgehead atoms. The molecule has 0 unspecified atom stereocenters. The number of sulfonamides is 1. The smallest absolute Gasteiger partial charge is 0.254 e. The normalized spacial score (nSPS) is 15.4. The van der Waals surface area contributed by atoms with Crippen LogP contribution in [0.5, 0.6) is 0 Å². The number of ether oxygens (including phenoxy) is 2. The molecule has 0 spiro atoms. The molecule has 2 rings (SSSR count).